The fourth-order valence-electron chi connectivity index (χ4n) is 2.63. The largest absolute Gasteiger partial charge is 0.378 e. The predicted molar refractivity (Wildman–Crippen MR) is 83.9 cm³/mol. The molecule has 1 heterocycles. The van der Waals surface area contributed by atoms with E-state index < -0.39 is 0 Å². The third kappa shape index (κ3) is 2.75. The van der Waals surface area contributed by atoms with Crippen molar-refractivity contribution in [1.82, 2.24) is 9.55 Å². The van der Waals surface area contributed by atoms with Gasteiger partial charge in [-0.2, -0.15) is 0 Å². The molecule has 0 aliphatic heterocycles. The van der Waals surface area contributed by atoms with Crippen LogP contribution in [0.3, 0.4) is 0 Å². The van der Waals surface area contributed by atoms with Crippen LogP contribution in [0.5, 0.6) is 0 Å². The molecule has 0 aliphatic rings. The molecule has 0 radical (unpaired) electrons. The second-order valence-corrected chi connectivity index (χ2v) is 5.13. The monoisotopic (exact) mass is 283 g/mol. The lowest BCUT2D eigenvalue weighted by Gasteiger charge is -2.09. The highest BCUT2D eigenvalue weighted by Crippen LogP contribution is 2.18. The Labute approximate surface area is 123 Å². The maximum absolute atomic E-state index is 13.4. The average molecular weight is 283 g/mol. The van der Waals surface area contributed by atoms with E-state index in [0.717, 1.165) is 34.7 Å². The number of rotatable bonds is 4. The summed E-state index contributed by atoms with van der Waals surface area (Å²) in [5, 5.41) is 3.25. The number of hydrogen-bond donors (Lipinski definition) is 1. The molecule has 1 N–H and O–H groups in total. The Bertz CT molecular complexity index is 757. The molecular weight excluding hydrogens is 265 g/mol. The quantitative estimate of drug-likeness (QED) is 0.780. The van der Waals surface area contributed by atoms with E-state index in [9.17, 15) is 4.39 Å². The second kappa shape index (κ2) is 5.56. The van der Waals surface area contributed by atoms with Gasteiger partial charge in [-0.05, 0) is 49.7 Å². The van der Waals surface area contributed by atoms with Crippen LogP contribution in [0.15, 0.2) is 42.5 Å². The molecule has 0 saturated carbocycles. The molecular formula is C17H18FN3. The van der Waals surface area contributed by atoms with E-state index in [4.69, 9.17) is 0 Å². The number of imidazole rings is 1. The van der Waals surface area contributed by atoms with Crippen molar-refractivity contribution in [2.75, 3.05) is 5.32 Å². The lowest BCUT2D eigenvalue weighted by atomic mass is 10.2. The highest BCUT2D eigenvalue weighted by atomic mass is 19.1. The summed E-state index contributed by atoms with van der Waals surface area (Å²) < 4.78 is 15.6. The highest BCUT2D eigenvalue weighted by Gasteiger charge is 2.08. The van der Waals surface area contributed by atoms with E-state index in [1.807, 2.05) is 31.2 Å². The summed E-state index contributed by atoms with van der Waals surface area (Å²) in [5.41, 5.74) is 3.81. The zero-order valence-electron chi connectivity index (χ0n) is 12.2. The molecule has 3 rings (SSSR count). The van der Waals surface area contributed by atoms with E-state index in [-0.39, 0.29) is 5.82 Å². The Morgan fingerprint density at radius 3 is 2.76 bits per heavy atom. The molecule has 108 valence electrons. The Morgan fingerprint density at radius 2 is 2.00 bits per heavy atom. The van der Waals surface area contributed by atoms with Crippen LogP contribution in [0.1, 0.15) is 18.3 Å². The first-order chi connectivity index (χ1) is 10.2. The first kappa shape index (κ1) is 13.6. The number of anilines is 1. The van der Waals surface area contributed by atoms with E-state index in [2.05, 4.69) is 27.9 Å². The zero-order chi connectivity index (χ0) is 14.8. The van der Waals surface area contributed by atoms with Gasteiger partial charge in [-0.15, -0.1) is 0 Å². The van der Waals surface area contributed by atoms with Crippen LogP contribution in [0.4, 0.5) is 10.1 Å². The van der Waals surface area contributed by atoms with E-state index >= 15 is 0 Å². The zero-order valence-corrected chi connectivity index (χ0v) is 12.2. The number of nitrogens with one attached hydrogen (secondary N) is 1. The lowest BCUT2D eigenvalue weighted by molar-refractivity contribution is 0.627. The molecule has 0 unspecified atom stereocenters. The topological polar surface area (TPSA) is 29.9 Å². The van der Waals surface area contributed by atoms with E-state index in [0.29, 0.717) is 6.54 Å². The summed E-state index contributed by atoms with van der Waals surface area (Å²) in [6.45, 7) is 5.42. The van der Waals surface area contributed by atoms with Crippen LogP contribution in [-0.2, 0) is 13.1 Å². The summed E-state index contributed by atoms with van der Waals surface area (Å²) in [7, 11) is 0. The van der Waals surface area contributed by atoms with Gasteiger partial charge >= 0.3 is 0 Å². The first-order valence-electron chi connectivity index (χ1n) is 7.12. The predicted octanol–water partition coefficient (Wildman–Crippen LogP) is 4.12. The van der Waals surface area contributed by atoms with Gasteiger partial charge in [0, 0.05) is 12.2 Å². The van der Waals surface area contributed by atoms with Crippen LogP contribution in [0, 0.1) is 12.7 Å². The maximum Gasteiger partial charge on any atom is 0.129 e. The van der Waals surface area contributed by atoms with Crippen molar-refractivity contribution in [2.24, 2.45) is 0 Å². The molecule has 0 aliphatic carbocycles. The minimum absolute atomic E-state index is 0.221. The molecule has 0 spiro atoms. The molecule has 3 nitrogen and oxygen atoms in total. The van der Waals surface area contributed by atoms with Gasteiger partial charge in [0.05, 0.1) is 17.6 Å². The van der Waals surface area contributed by atoms with Gasteiger partial charge in [-0.1, -0.05) is 12.1 Å². The van der Waals surface area contributed by atoms with Gasteiger partial charge < -0.3 is 9.88 Å². The third-order valence-corrected chi connectivity index (χ3v) is 3.54. The lowest BCUT2D eigenvalue weighted by Crippen LogP contribution is -2.08. The smallest absolute Gasteiger partial charge is 0.129 e. The molecule has 21 heavy (non-hydrogen) atoms. The third-order valence-electron chi connectivity index (χ3n) is 3.54. The van der Waals surface area contributed by atoms with Crippen LogP contribution in [-0.4, -0.2) is 9.55 Å². The number of aromatic nitrogens is 2. The van der Waals surface area contributed by atoms with Crippen molar-refractivity contribution in [1.29, 1.82) is 0 Å². The summed E-state index contributed by atoms with van der Waals surface area (Å²) in [4.78, 5) is 4.65. The van der Waals surface area contributed by atoms with Crippen molar-refractivity contribution in [3.8, 4) is 0 Å². The number of fused-ring (bicyclic) bond motifs is 1. The summed E-state index contributed by atoms with van der Waals surface area (Å²) in [6.07, 6.45) is 0. The van der Waals surface area contributed by atoms with Crippen molar-refractivity contribution in [3.05, 3.63) is 59.7 Å². The number of hydrogen-bond acceptors (Lipinski definition) is 2. The molecule has 3 aromatic rings. The molecule has 0 fully saturated rings. The number of nitrogens with zero attached hydrogens (tertiary/aromatic N) is 2. The van der Waals surface area contributed by atoms with E-state index in [1.54, 1.807) is 0 Å². The van der Waals surface area contributed by atoms with Gasteiger partial charge in [-0.25, -0.2) is 9.37 Å². The van der Waals surface area contributed by atoms with Crippen molar-refractivity contribution in [3.63, 3.8) is 0 Å². The first-order valence-corrected chi connectivity index (χ1v) is 7.12. The van der Waals surface area contributed by atoms with Gasteiger partial charge in [-0.3, -0.25) is 0 Å². The molecule has 2 aromatic carbocycles. The number of para-hydroxylation sites is 2. The molecule has 0 atom stereocenters. The number of halogens is 1. The Balaban J connectivity index is 1.88. The normalized spacial score (nSPS) is 11.0. The fourth-order valence-corrected chi connectivity index (χ4v) is 2.63. The van der Waals surface area contributed by atoms with Gasteiger partial charge in [0.2, 0.25) is 0 Å². The number of benzene rings is 2. The van der Waals surface area contributed by atoms with E-state index in [1.165, 1.54) is 12.1 Å². The minimum Gasteiger partial charge on any atom is -0.378 e. The minimum atomic E-state index is -0.221. The Hall–Kier alpha value is -2.36. The molecule has 0 saturated heterocycles. The van der Waals surface area contributed by atoms with Gasteiger partial charge in [0.1, 0.15) is 11.6 Å². The van der Waals surface area contributed by atoms with Crippen LogP contribution < -0.4 is 5.32 Å². The standard InChI is InChI=1S/C17H18FN3/c1-3-21-16-7-5-4-6-15(16)20-17(21)11-19-14-9-12(2)8-13(18)10-14/h4-10,19H,3,11H2,1-2H3. The molecule has 1 aromatic heterocycles. The number of aryl methyl sites for hydroxylation is 2. The van der Waals surface area contributed by atoms with Crippen LogP contribution in [0.25, 0.3) is 11.0 Å². The average Bonchev–Trinajstić information content (AvgIpc) is 2.81. The fraction of sp³-hybridized carbons (Fsp3) is 0.235. The Kier molecular flexibility index (Phi) is 3.60. The van der Waals surface area contributed by atoms with Crippen molar-refractivity contribution in [2.45, 2.75) is 26.9 Å². The van der Waals surface area contributed by atoms with Gasteiger partial charge in [0.25, 0.3) is 0 Å². The summed E-state index contributed by atoms with van der Waals surface area (Å²) in [5.74, 6) is 0.738. The van der Waals surface area contributed by atoms with Crippen LogP contribution >= 0.6 is 0 Å². The maximum atomic E-state index is 13.4. The van der Waals surface area contributed by atoms with Crippen LogP contribution in [0.2, 0.25) is 0 Å². The molecule has 0 amide bonds. The summed E-state index contributed by atoms with van der Waals surface area (Å²) in [6, 6.07) is 13.0. The van der Waals surface area contributed by atoms with Gasteiger partial charge in [0.15, 0.2) is 0 Å². The second-order valence-electron chi connectivity index (χ2n) is 5.13. The SMILES string of the molecule is CCn1c(CNc2cc(C)cc(F)c2)nc2ccccc21. The van der Waals surface area contributed by atoms with Crippen molar-refractivity contribution >= 4 is 16.7 Å². The van der Waals surface area contributed by atoms with Crippen molar-refractivity contribution < 1.29 is 4.39 Å². The summed E-state index contributed by atoms with van der Waals surface area (Å²) >= 11 is 0. The molecule has 0 bridgehead atoms. The molecule has 4 heteroatoms. The highest BCUT2D eigenvalue weighted by molar-refractivity contribution is 5.76. The Morgan fingerprint density at radius 1 is 1.19 bits per heavy atom.